The second kappa shape index (κ2) is 5.53. The average Bonchev–Trinajstić information content (AvgIpc) is 2.26. The van der Waals surface area contributed by atoms with Crippen LogP contribution in [0.1, 0.15) is 0 Å². The van der Waals surface area contributed by atoms with Gasteiger partial charge in [-0.25, -0.2) is 0 Å². The smallest absolute Gasteiger partial charge is 0.120 e. The lowest BCUT2D eigenvalue weighted by Gasteiger charge is -2.04. The molecule has 1 heterocycles. The molecule has 2 rings (SSSR count). The Morgan fingerprint density at radius 1 is 1.27 bits per heavy atom. The van der Waals surface area contributed by atoms with Gasteiger partial charge < -0.3 is 10.5 Å². The molecule has 0 saturated heterocycles. The summed E-state index contributed by atoms with van der Waals surface area (Å²) in [4.78, 5) is 4.22. The van der Waals surface area contributed by atoms with Crippen LogP contribution >= 0.6 is 12.4 Å². The molecule has 0 spiro atoms. The van der Waals surface area contributed by atoms with Crippen molar-refractivity contribution in [2.75, 3.05) is 13.2 Å². The SMILES string of the molecule is Cl.NCCOc1ccc2ncccc2c1. The summed E-state index contributed by atoms with van der Waals surface area (Å²) < 4.78 is 5.41. The summed E-state index contributed by atoms with van der Waals surface area (Å²) in [5, 5.41) is 1.09. The van der Waals surface area contributed by atoms with E-state index in [-0.39, 0.29) is 12.4 Å². The molecule has 1 aromatic carbocycles. The number of ether oxygens (including phenoxy) is 1. The van der Waals surface area contributed by atoms with Crippen molar-refractivity contribution in [1.29, 1.82) is 0 Å². The molecule has 0 radical (unpaired) electrons. The Kier molecular flexibility index (Phi) is 4.34. The molecule has 0 aliphatic rings. The van der Waals surface area contributed by atoms with Crippen LogP contribution in [0.25, 0.3) is 10.9 Å². The van der Waals surface area contributed by atoms with Crippen molar-refractivity contribution in [3.05, 3.63) is 36.5 Å². The Hall–Kier alpha value is -1.32. The van der Waals surface area contributed by atoms with E-state index in [0.29, 0.717) is 13.2 Å². The number of rotatable bonds is 3. The number of halogens is 1. The zero-order chi connectivity index (χ0) is 9.80. The molecule has 80 valence electrons. The second-order valence-electron chi connectivity index (χ2n) is 3.00. The topological polar surface area (TPSA) is 48.1 Å². The highest BCUT2D eigenvalue weighted by Gasteiger charge is 1.96. The quantitative estimate of drug-likeness (QED) is 0.868. The highest BCUT2D eigenvalue weighted by atomic mass is 35.5. The maximum atomic E-state index is 5.41. The van der Waals surface area contributed by atoms with Gasteiger partial charge in [0.25, 0.3) is 0 Å². The van der Waals surface area contributed by atoms with Crippen LogP contribution < -0.4 is 10.5 Å². The van der Waals surface area contributed by atoms with E-state index in [1.165, 1.54) is 0 Å². The van der Waals surface area contributed by atoms with Crippen LogP contribution in [0, 0.1) is 0 Å². The number of benzene rings is 1. The van der Waals surface area contributed by atoms with Crippen LogP contribution in [0.3, 0.4) is 0 Å². The highest BCUT2D eigenvalue weighted by Crippen LogP contribution is 2.18. The van der Waals surface area contributed by atoms with Crippen LogP contribution in [0.2, 0.25) is 0 Å². The minimum absolute atomic E-state index is 0. The molecule has 0 atom stereocenters. The highest BCUT2D eigenvalue weighted by molar-refractivity contribution is 5.85. The largest absolute Gasteiger partial charge is 0.492 e. The predicted molar refractivity (Wildman–Crippen MR) is 63.5 cm³/mol. The Morgan fingerprint density at radius 2 is 2.13 bits per heavy atom. The van der Waals surface area contributed by atoms with E-state index in [9.17, 15) is 0 Å². The van der Waals surface area contributed by atoms with Crippen LogP contribution in [-0.2, 0) is 0 Å². The van der Waals surface area contributed by atoms with Crippen molar-refractivity contribution >= 4 is 23.3 Å². The third-order valence-electron chi connectivity index (χ3n) is 1.96. The van der Waals surface area contributed by atoms with Gasteiger partial charge in [0.15, 0.2) is 0 Å². The molecule has 0 unspecified atom stereocenters. The first-order chi connectivity index (χ1) is 6.90. The molecule has 0 aliphatic heterocycles. The van der Waals surface area contributed by atoms with Gasteiger partial charge in [0, 0.05) is 18.1 Å². The molecule has 0 saturated carbocycles. The lowest BCUT2D eigenvalue weighted by atomic mass is 10.2. The van der Waals surface area contributed by atoms with E-state index in [1.807, 2.05) is 30.3 Å². The Morgan fingerprint density at radius 3 is 2.93 bits per heavy atom. The summed E-state index contributed by atoms with van der Waals surface area (Å²) in [7, 11) is 0. The van der Waals surface area contributed by atoms with Crippen LogP contribution in [0.4, 0.5) is 0 Å². The summed E-state index contributed by atoms with van der Waals surface area (Å²) in [5.74, 6) is 0.843. The number of hydrogen-bond donors (Lipinski definition) is 1. The normalized spacial score (nSPS) is 9.67. The summed E-state index contributed by atoms with van der Waals surface area (Å²) in [6.07, 6.45) is 1.78. The van der Waals surface area contributed by atoms with Crippen molar-refractivity contribution < 1.29 is 4.74 Å². The summed E-state index contributed by atoms with van der Waals surface area (Å²) in [6, 6.07) is 9.75. The van der Waals surface area contributed by atoms with Gasteiger partial charge in [-0.05, 0) is 24.3 Å². The van der Waals surface area contributed by atoms with Gasteiger partial charge in [-0.1, -0.05) is 6.07 Å². The molecule has 2 aromatic rings. The van der Waals surface area contributed by atoms with Crippen molar-refractivity contribution in [2.45, 2.75) is 0 Å². The molecule has 1 aromatic heterocycles. The van der Waals surface area contributed by atoms with Crippen LogP contribution in [-0.4, -0.2) is 18.1 Å². The first-order valence-electron chi connectivity index (χ1n) is 4.58. The van der Waals surface area contributed by atoms with E-state index >= 15 is 0 Å². The molecule has 0 amide bonds. The first-order valence-corrected chi connectivity index (χ1v) is 4.58. The molecule has 15 heavy (non-hydrogen) atoms. The van der Waals surface area contributed by atoms with Gasteiger partial charge in [-0.2, -0.15) is 0 Å². The van der Waals surface area contributed by atoms with E-state index in [0.717, 1.165) is 16.7 Å². The number of aromatic nitrogens is 1. The minimum atomic E-state index is 0. The minimum Gasteiger partial charge on any atom is -0.492 e. The first kappa shape index (κ1) is 11.8. The van der Waals surface area contributed by atoms with Crippen LogP contribution in [0.15, 0.2) is 36.5 Å². The van der Waals surface area contributed by atoms with Gasteiger partial charge in [-0.15, -0.1) is 12.4 Å². The lowest BCUT2D eigenvalue weighted by molar-refractivity contribution is 0.329. The van der Waals surface area contributed by atoms with Gasteiger partial charge in [0.1, 0.15) is 12.4 Å². The van der Waals surface area contributed by atoms with Crippen molar-refractivity contribution in [2.24, 2.45) is 5.73 Å². The third-order valence-corrected chi connectivity index (χ3v) is 1.96. The average molecular weight is 225 g/mol. The summed E-state index contributed by atoms with van der Waals surface area (Å²) in [6.45, 7) is 1.08. The molecule has 2 N–H and O–H groups in total. The monoisotopic (exact) mass is 224 g/mol. The molecular formula is C11H13ClN2O. The van der Waals surface area contributed by atoms with Gasteiger partial charge in [0.2, 0.25) is 0 Å². The predicted octanol–water partition coefficient (Wildman–Crippen LogP) is 1.99. The lowest BCUT2D eigenvalue weighted by Crippen LogP contribution is -2.10. The van der Waals surface area contributed by atoms with E-state index in [1.54, 1.807) is 6.20 Å². The molecule has 0 bridgehead atoms. The van der Waals surface area contributed by atoms with Crippen LogP contribution in [0.5, 0.6) is 5.75 Å². The number of pyridine rings is 1. The standard InChI is InChI=1S/C11H12N2O.ClH/c12-5-7-14-10-3-4-11-9(8-10)2-1-6-13-11;/h1-4,6,8H,5,7,12H2;1H. The zero-order valence-corrected chi connectivity index (χ0v) is 9.04. The molecule has 0 aliphatic carbocycles. The van der Waals surface area contributed by atoms with Gasteiger partial charge >= 0.3 is 0 Å². The second-order valence-corrected chi connectivity index (χ2v) is 3.00. The fourth-order valence-corrected chi connectivity index (χ4v) is 1.32. The van der Waals surface area contributed by atoms with E-state index < -0.39 is 0 Å². The zero-order valence-electron chi connectivity index (χ0n) is 8.22. The molecular weight excluding hydrogens is 212 g/mol. The third kappa shape index (κ3) is 2.81. The maximum Gasteiger partial charge on any atom is 0.120 e. The number of fused-ring (bicyclic) bond motifs is 1. The fraction of sp³-hybridized carbons (Fsp3) is 0.182. The molecule has 3 nitrogen and oxygen atoms in total. The number of nitrogens with two attached hydrogens (primary N) is 1. The van der Waals surface area contributed by atoms with Gasteiger partial charge in [-0.3, -0.25) is 4.98 Å². The van der Waals surface area contributed by atoms with E-state index in [4.69, 9.17) is 10.5 Å². The van der Waals surface area contributed by atoms with Crippen molar-refractivity contribution in [3.8, 4) is 5.75 Å². The van der Waals surface area contributed by atoms with E-state index in [2.05, 4.69) is 4.98 Å². The Bertz CT molecular complexity index is 434. The Labute approximate surface area is 94.7 Å². The maximum absolute atomic E-state index is 5.41. The number of hydrogen-bond acceptors (Lipinski definition) is 3. The number of nitrogens with zero attached hydrogens (tertiary/aromatic N) is 1. The molecule has 0 fully saturated rings. The molecule has 4 heteroatoms. The van der Waals surface area contributed by atoms with Crippen molar-refractivity contribution in [1.82, 2.24) is 4.98 Å². The Balaban J connectivity index is 0.00000112. The summed E-state index contributed by atoms with van der Waals surface area (Å²) in [5.41, 5.74) is 6.33. The van der Waals surface area contributed by atoms with Crippen molar-refractivity contribution in [3.63, 3.8) is 0 Å². The summed E-state index contributed by atoms with van der Waals surface area (Å²) >= 11 is 0. The van der Waals surface area contributed by atoms with Gasteiger partial charge in [0.05, 0.1) is 5.52 Å². The fourth-order valence-electron chi connectivity index (χ4n) is 1.32.